The SMILES string of the molecule is COC(CNC(=O)Nc1nc(C(C)(C)C)cs1)CC(=O)O. The number of hydrogen-bond acceptors (Lipinski definition) is 5. The van der Waals surface area contributed by atoms with Gasteiger partial charge < -0.3 is 15.2 Å². The van der Waals surface area contributed by atoms with Gasteiger partial charge in [0.25, 0.3) is 0 Å². The third-order valence-corrected chi connectivity index (χ3v) is 3.48. The number of hydrogen-bond donors (Lipinski definition) is 3. The number of nitrogens with zero attached hydrogens (tertiary/aromatic N) is 1. The van der Waals surface area contributed by atoms with Gasteiger partial charge in [-0.1, -0.05) is 20.8 Å². The summed E-state index contributed by atoms with van der Waals surface area (Å²) >= 11 is 1.35. The molecule has 118 valence electrons. The van der Waals surface area contributed by atoms with Crippen LogP contribution in [-0.2, 0) is 14.9 Å². The van der Waals surface area contributed by atoms with Gasteiger partial charge in [-0.05, 0) is 0 Å². The molecule has 1 heterocycles. The number of aliphatic carboxylic acids is 1. The van der Waals surface area contributed by atoms with Crippen LogP contribution in [0.2, 0.25) is 0 Å². The minimum absolute atomic E-state index is 0.0739. The second-order valence-corrected chi connectivity index (χ2v) is 6.44. The van der Waals surface area contributed by atoms with Crippen LogP contribution in [0.3, 0.4) is 0 Å². The quantitative estimate of drug-likeness (QED) is 0.746. The molecule has 0 aromatic carbocycles. The van der Waals surface area contributed by atoms with Gasteiger partial charge >= 0.3 is 12.0 Å². The van der Waals surface area contributed by atoms with E-state index in [-0.39, 0.29) is 18.4 Å². The van der Waals surface area contributed by atoms with E-state index in [0.29, 0.717) is 5.13 Å². The molecule has 3 N–H and O–H groups in total. The summed E-state index contributed by atoms with van der Waals surface area (Å²) in [6.07, 6.45) is -0.725. The number of thiazole rings is 1. The number of rotatable bonds is 6. The fraction of sp³-hybridized carbons (Fsp3) is 0.615. The minimum Gasteiger partial charge on any atom is -0.481 e. The van der Waals surface area contributed by atoms with E-state index in [0.717, 1.165) is 5.69 Å². The summed E-state index contributed by atoms with van der Waals surface area (Å²) in [6, 6.07) is -0.433. The zero-order valence-corrected chi connectivity index (χ0v) is 13.4. The third-order valence-electron chi connectivity index (χ3n) is 2.72. The summed E-state index contributed by atoms with van der Waals surface area (Å²) in [4.78, 5) is 26.6. The van der Waals surface area contributed by atoms with E-state index in [2.05, 4.69) is 15.6 Å². The zero-order valence-electron chi connectivity index (χ0n) is 12.6. The van der Waals surface area contributed by atoms with Gasteiger partial charge in [0.2, 0.25) is 0 Å². The molecule has 1 aromatic rings. The molecule has 0 aliphatic carbocycles. The fourth-order valence-electron chi connectivity index (χ4n) is 1.46. The maximum absolute atomic E-state index is 11.7. The number of ether oxygens (including phenoxy) is 1. The topological polar surface area (TPSA) is 101 Å². The molecule has 0 saturated heterocycles. The van der Waals surface area contributed by atoms with Crippen molar-refractivity contribution in [1.82, 2.24) is 10.3 Å². The molecule has 2 amide bonds. The number of aromatic nitrogens is 1. The third kappa shape index (κ3) is 6.09. The van der Waals surface area contributed by atoms with Crippen molar-refractivity contribution in [1.29, 1.82) is 0 Å². The number of carboxylic acid groups (broad SMARTS) is 1. The first-order valence-corrected chi connectivity index (χ1v) is 7.35. The highest BCUT2D eigenvalue weighted by Crippen LogP contribution is 2.26. The van der Waals surface area contributed by atoms with Crippen molar-refractivity contribution in [3.8, 4) is 0 Å². The van der Waals surface area contributed by atoms with Gasteiger partial charge in [0.15, 0.2) is 5.13 Å². The molecule has 8 heteroatoms. The van der Waals surface area contributed by atoms with Crippen LogP contribution in [0.25, 0.3) is 0 Å². The Morgan fingerprint density at radius 2 is 2.14 bits per heavy atom. The highest BCUT2D eigenvalue weighted by atomic mass is 32.1. The maximum atomic E-state index is 11.7. The Labute approximate surface area is 127 Å². The highest BCUT2D eigenvalue weighted by molar-refractivity contribution is 7.13. The second-order valence-electron chi connectivity index (χ2n) is 5.58. The molecule has 0 radical (unpaired) electrons. The van der Waals surface area contributed by atoms with Crippen LogP contribution in [0.4, 0.5) is 9.93 Å². The average Bonchev–Trinajstić information content (AvgIpc) is 2.82. The smallest absolute Gasteiger partial charge is 0.321 e. The summed E-state index contributed by atoms with van der Waals surface area (Å²) in [5.74, 6) is -0.973. The van der Waals surface area contributed by atoms with E-state index in [9.17, 15) is 9.59 Å². The predicted octanol–water partition coefficient (Wildman–Crippen LogP) is 2.05. The zero-order chi connectivity index (χ0) is 16.0. The standard InChI is InChI=1S/C13H21N3O4S/c1-13(2,3)9-7-21-12(15-9)16-11(19)14-6-8(20-4)5-10(17)18/h7-8H,5-6H2,1-4H3,(H,17,18)(H2,14,15,16,19). The predicted molar refractivity (Wildman–Crippen MR) is 80.9 cm³/mol. The molecule has 1 rings (SSSR count). The van der Waals surface area contributed by atoms with E-state index in [4.69, 9.17) is 9.84 Å². The van der Waals surface area contributed by atoms with E-state index >= 15 is 0 Å². The Kier molecular flexibility index (Phi) is 6.10. The minimum atomic E-state index is -0.973. The van der Waals surface area contributed by atoms with Crippen molar-refractivity contribution in [2.45, 2.75) is 38.7 Å². The van der Waals surface area contributed by atoms with Crippen LogP contribution in [0.5, 0.6) is 0 Å². The number of nitrogens with one attached hydrogen (secondary N) is 2. The molecular formula is C13H21N3O4S. The molecule has 0 fully saturated rings. The fourth-order valence-corrected chi connectivity index (χ4v) is 2.39. The molecule has 0 spiro atoms. The first-order chi connectivity index (χ1) is 9.72. The molecule has 0 saturated carbocycles. The summed E-state index contributed by atoms with van der Waals surface area (Å²) in [5, 5.41) is 16.3. The lowest BCUT2D eigenvalue weighted by Crippen LogP contribution is -2.37. The molecule has 1 atom stereocenters. The molecule has 1 aromatic heterocycles. The number of carbonyl (C=O) groups is 2. The van der Waals surface area contributed by atoms with Crippen molar-refractivity contribution < 1.29 is 19.4 Å². The Balaban J connectivity index is 2.47. The molecule has 0 bridgehead atoms. The van der Waals surface area contributed by atoms with E-state index in [1.165, 1.54) is 18.4 Å². The Morgan fingerprint density at radius 1 is 1.48 bits per heavy atom. The number of methoxy groups -OCH3 is 1. The number of carbonyl (C=O) groups excluding carboxylic acids is 1. The molecule has 1 unspecified atom stereocenters. The highest BCUT2D eigenvalue weighted by Gasteiger charge is 2.18. The molecule has 0 aliphatic rings. The first-order valence-electron chi connectivity index (χ1n) is 6.48. The number of amides is 2. The maximum Gasteiger partial charge on any atom is 0.321 e. The monoisotopic (exact) mass is 315 g/mol. The van der Waals surface area contributed by atoms with Crippen LogP contribution < -0.4 is 10.6 Å². The molecule has 7 nitrogen and oxygen atoms in total. The lowest BCUT2D eigenvalue weighted by molar-refractivity contribution is -0.139. The Morgan fingerprint density at radius 3 is 2.62 bits per heavy atom. The van der Waals surface area contributed by atoms with Crippen LogP contribution in [0, 0.1) is 0 Å². The lowest BCUT2D eigenvalue weighted by atomic mass is 9.93. The molecule has 0 aliphatic heterocycles. The summed E-state index contributed by atoms with van der Waals surface area (Å²) in [7, 11) is 1.41. The normalized spacial score (nSPS) is 12.8. The summed E-state index contributed by atoms with van der Waals surface area (Å²) in [6.45, 7) is 6.25. The van der Waals surface area contributed by atoms with Crippen molar-refractivity contribution in [3.63, 3.8) is 0 Å². The molecular weight excluding hydrogens is 294 g/mol. The van der Waals surface area contributed by atoms with Gasteiger partial charge in [-0.2, -0.15) is 0 Å². The van der Waals surface area contributed by atoms with E-state index < -0.39 is 18.1 Å². The summed E-state index contributed by atoms with van der Waals surface area (Å²) < 4.78 is 4.97. The van der Waals surface area contributed by atoms with Gasteiger partial charge in [-0.25, -0.2) is 9.78 Å². The van der Waals surface area contributed by atoms with Gasteiger partial charge in [0, 0.05) is 24.4 Å². The van der Waals surface area contributed by atoms with E-state index in [1.807, 2.05) is 26.2 Å². The van der Waals surface area contributed by atoms with Crippen molar-refractivity contribution in [2.24, 2.45) is 0 Å². The largest absolute Gasteiger partial charge is 0.481 e. The van der Waals surface area contributed by atoms with Gasteiger partial charge in [-0.3, -0.25) is 10.1 Å². The van der Waals surface area contributed by atoms with Crippen molar-refractivity contribution in [2.75, 3.05) is 19.0 Å². The van der Waals surface area contributed by atoms with Gasteiger partial charge in [0.05, 0.1) is 18.2 Å². The van der Waals surface area contributed by atoms with E-state index in [1.54, 1.807) is 0 Å². The average molecular weight is 315 g/mol. The number of anilines is 1. The van der Waals surface area contributed by atoms with Crippen LogP contribution >= 0.6 is 11.3 Å². The van der Waals surface area contributed by atoms with Crippen molar-refractivity contribution in [3.05, 3.63) is 11.1 Å². The lowest BCUT2D eigenvalue weighted by Gasteiger charge is -2.15. The van der Waals surface area contributed by atoms with Crippen molar-refractivity contribution >= 4 is 28.5 Å². The molecule has 21 heavy (non-hydrogen) atoms. The van der Waals surface area contributed by atoms with Crippen LogP contribution in [0.15, 0.2) is 5.38 Å². The van der Waals surface area contributed by atoms with Crippen LogP contribution in [-0.4, -0.2) is 41.8 Å². The second kappa shape index (κ2) is 7.37. The summed E-state index contributed by atoms with van der Waals surface area (Å²) in [5.41, 5.74) is 0.832. The van der Waals surface area contributed by atoms with Gasteiger partial charge in [-0.15, -0.1) is 11.3 Å². The first kappa shape index (κ1) is 17.4. The number of carboxylic acids is 1. The Bertz CT molecular complexity index is 496. The Hall–Kier alpha value is -1.67. The number of urea groups is 1. The van der Waals surface area contributed by atoms with Crippen LogP contribution in [0.1, 0.15) is 32.9 Å². The van der Waals surface area contributed by atoms with Gasteiger partial charge in [0.1, 0.15) is 0 Å².